The van der Waals surface area contributed by atoms with Gasteiger partial charge in [-0.1, -0.05) is 23.2 Å². The van der Waals surface area contributed by atoms with E-state index in [1.54, 1.807) is 6.07 Å². The molecule has 0 radical (unpaired) electrons. The minimum absolute atomic E-state index is 0.255. The van der Waals surface area contributed by atoms with Crippen molar-refractivity contribution in [2.24, 2.45) is 0 Å². The van der Waals surface area contributed by atoms with Crippen LogP contribution < -0.4 is 5.32 Å². The molecule has 5 nitrogen and oxygen atoms in total. The lowest BCUT2D eigenvalue weighted by molar-refractivity contribution is -0.143. The highest BCUT2D eigenvalue weighted by atomic mass is 35.5. The predicted molar refractivity (Wildman–Crippen MR) is 81.9 cm³/mol. The number of anilines is 1. The van der Waals surface area contributed by atoms with E-state index in [1.807, 2.05) is 0 Å². The molecule has 128 valence electrons. The number of pyridine rings is 1. The summed E-state index contributed by atoms with van der Waals surface area (Å²) in [5.41, 5.74) is -2.40. The third-order valence-corrected chi connectivity index (χ3v) is 4.45. The van der Waals surface area contributed by atoms with Gasteiger partial charge in [0.05, 0.1) is 10.0 Å². The molecule has 0 unspecified atom stereocenters. The number of hydrogen-bond donors (Lipinski definition) is 1. The molecule has 24 heavy (non-hydrogen) atoms. The third kappa shape index (κ3) is 2.95. The van der Waals surface area contributed by atoms with Crippen molar-refractivity contribution in [3.63, 3.8) is 0 Å². The van der Waals surface area contributed by atoms with E-state index < -0.39 is 28.3 Å². The maximum absolute atomic E-state index is 12.9. The van der Waals surface area contributed by atoms with Gasteiger partial charge in [0.1, 0.15) is 11.4 Å². The van der Waals surface area contributed by atoms with Crippen LogP contribution in [0.25, 0.3) is 0 Å². The van der Waals surface area contributed by atoms with E-state index in [2.05, 4.69) is 15.4 Å². The molecule has 10 heteroatoms. The molecule has 2 aromatic rings. The van der Waals surface area contributed by atoms with E-state index in [1.165, 1.54) is 12.3 Å². The van der Waals surface area contributed by atoms with Crippen molar-refractivity contribution in [2.75, 3.05) is 5.32 Å². The Kier molecular flexibility index (Phi) is 4.21. The molecule has 2 heterocycles. The van der Waals surface area contributed by atoms with Gasteiger partial charge in [0, 0.05) is 12.4 Å². The number of carbonyl (C=O) groups is 1. The smallest absolute Gasteiger partial charge is 0.309 e. The Bertz CT molecular complexity index is 769. The second-order valence-electron chi connectivity index (χ2n) is 5.47. The van der Waals surface area contributed by atoms with Gasteiger partial charge in [0.25, 0.3) is 5.91 Å². The minimum Gasteiger partial charge on any atom is -0.309 e. The summed E-state index contributed by atoms with van der Waals surface area (Å²) in [6.07, 6.45) is -0.860. The molecule has 3 rings (SSSR count). The number of rotatable bonds is 3. The van der Waals surface area contributed by atoms with E-state index in [0.717, 1.165) is 10.9 Å². The van der Waals surface area contributed by atoms with Crippen LogP contribution in [0, 0.1) is 0 Å². The summed E-state index contributed by atoms with van der Waals surface area (Å²) in [4.78, 5) is 16.5. The topological polar surface area (TPSA) is 59.8 Å². The molecule has 0 spiro atoms. The number of alkyl halides is 3. The van der Waals surface area contributed by atoms with Crippen molar-refractivity contribution in [3.05, 3.63) is 40.3 Å². The van der Waals surface area contributed by atoms with Crippen molar-refractivity contribution in [2.45, 2.75) is 31.0 Å². The van der Waals surface area contributed by atoms with Crippen molar-refractivity contribution in [1.82, 2.24) is 14.8 Å². The van der Waals surface area contributed by atoms with E-state index in [9.17, 15) is 18.0 Å². The van der Waals surface area contributed by atoms with E-state index in [-0.39, 0.29) is 5.82 Å². The van der Waals surface area contributed by atoms with Gasteiger partial charge < -0.3 is 5.32 Å². The highest BCUT2D eigenvalue weighted by Gasteiger charge is 2.49. The highest BCUT2D eigenvalue weighted by Crippen LogP contribution is 2.42. The van der Waals surface area contributed by atoms with Crippen LogP contribution in [-0.4, -0.2) is 20.7 Å². The first kappa shape index (κ1) is 17.0. The first-order valence-corrected chi connectivity index (χ1v) is 7.74. The number of aromatic nitrogens is 3. The first-order valence-electron chi connectivity index (χ1n) is 6.98. The van der Waals surface area contributed by atoms with E-state index >= 15 is 0 Å². The van der Waals surface area contributed by atoms with Crippen LogP contribution >= 0.6 is 23.2 Å². The number of carbonyl (C=O) groups excluding carboxylic acids is 1. The van der Waals surface area contributed by atoms with Crippen LogP contribution in [0.15, 0.2) is 24.5 Å². The summed E-state index contributed by atoms with van der Waals surface area (Å²) in [6.45, 7) is 0. The fraction of sp³-hybridized carbons (Fsp3) is 0.357. The van der Waals surface area contributed by atoms with Crippen LogP contribution in [0.3, 0.4) is 0 Å². The fourth-order valence-electron chi connectivity index (χ4n) is 2.52. The van der Waals surface area contributed by atoms with Gasteiger partial charge in [0.15, 0.2) is 5.69 Å². The second kappa shape index (κ2) is 5.93. The molecule has 1 aliphatic carbocycles. The molecule has 1 aliphatic rings. The van der Waals surface area contributed by atoms with Crippen molar-refractivity contribution >= 4 is 34.9 Å². The summed E-state index contributed by atoms with van der Waals surface area (Å²) in [5.74, 6) is -0.235. The number of hydrogen-bond acceptors (Lipinski definition) is 3. The zero-order valence-corrected chi connectivity index (χ0v) is 13.6. The second-order valence-corrected chi connectivity index (χ2v) is 6.31. The predicted octanol–water partition coefficient (Wildman–Crippen LogP) is 4.12. The van der Waals surface area contributed by atoms with Crippen LogP contribution in [0.1, 0.15) is 25.0 Å². The van der Waals surface area contributed by atoms with E-state index in [4.69, 9.17) is 23.2 Å². The quantitative estimate of drug-likeness (QED) is 0.873. The Morgan fingerprint density at radius 2 is 2.00 bits per heavy atom. The zero-order valence-electron chi connectivity index (χ0n) is 12.1. The SMILES string of the molecule is O=C(Nc1ccc(Cl)cn1)C1(n2cc(Cl)c(C(F)(F)F)n2)CCC1. The van der Waals surface area contributed by atoms with Crippen LogP contribution in [0.2, 0.25) is 10.0 Å². The number of nitrogens with zero attached hydrogens (tertiary/aromatic N) is 3. The normalized spacial score (nSPS) is 16.5. The number of nitrogens with one attached hydrogen (secondary N) is 1. The molecule has 0 atom stereocenters. The molecule has 1 saturated carbocycles. The molecule has 0 aliphatic heterocycles. The minimum atomic E-state index is -4.68. The Morgan fingerprint density at radius 1 is 1.29 bits per heavy atom. The number of halogens is 5. The molecule has 0 aromatic carbocycles. The average Bonchev–Trinajstić information content (AvgIpc) is 2.82. The third-order valence-electron chi connectivity index (χ3n) is 3.95. The maximum Gasteiger partial charge on any atom is 0.436 e. The molecular formula is C14H11Cl2F3N4O. The lowest BCUT2D eigenvalue weighted by Crippen LogP contribution is -2.51. The van der Waals surface area contributed by atoms with Gasteiger partial charge in [-0.2, -0.15) is 18.3 Å². The summed E-state index contributed by atoms with van der Waals surface area (Å²) < 4.78 is 39.6. The number of amides is 1. The monoisotopic (exact) mass is 378 g/mol. The van der Waals surface area contributed by atoms with Gasteiger partial charge in [-0.25, -0.2) is 4.98 Å². The summed E-state index contributed by atoms with van der Waals surface area (Å²) in [5, 5.41) is 5.96. The van der Waals surface area contributed by atoms with Gasteiger partial charge in [-0.15, -0.1) is 0 Å². The Labute approximate surface area is 144 Å². The summed E-state index contributed by atoms with van der Waals surface area (Å²) in [7, 11) is 0. The summed E-state index contributed by atoms with van der Waals surface area (Å²) in [6, 6.07) is 3.05. The standard InChI is InChI=1S/C14H11Cl2F3N4O/c15-8-2-3-10(20-6-8)21-12(24)13(4-1-5-13)23-7-9(16)11(22-23)14(17,18)19/h2-3,6-7H,1,4-5H2,(H,20,21,24). The van der Waals surface area contributed by atoms with Crippen molar-refractivity contribution in [3.8, 4) is 0 Å². The molecular weight excluding hydrogens is 368 g/mol. The lowest BCUT2D eigenvalue weighted by atomic mass is 9.76. The fourth-order valence-corrected chi connectivity index (χ4v) is 2.87. The van der Waals surface area contributed by atoms with Gasteiger partial charge in [-0.3, -0.25) is 9.48 Å². The molecule has 0 saturated heterocycles. The Balaban J connectivity index is 1.89. The van der Waals surface area contributed by atoms with Crippen molar-refractivity contribution < 1.29 is 18.0 Å². The largest absolute Gasteiger partial charge is 0.436 e. The maximum atomic E-state index is 12.9. The average molecular weight is 379 g/mol. The van der Waals surface area contributed by atoms with Gasteiger partial charge >= 0.3 is 6.18 Å². The Hall–Kier alpha value is -1.80. The van der Waals surface area contributed by atoms with E-state index in [0.29, 0.717) is 24.3 Å². The highest BCUT2D eigenvalue weighted by molar-refractivity contribution is 6.31. The van der Waals surface area contributed by atoms with Crippen LogP contribution in [0.4, 0.5) is 19.0 Å². The lowest BCUT2D eigenvalue weighted by Gasteiger charge is -2.40. The van der Waals surface area contributed by atoms with Crippen LogP contribution in [-0.2, 0) is 16.5 Å². The molecule has 1 amide bonds. The molecule has 1 fully saturated rings. The summed E-state index contributed by atoms with van der Waals surface area (Å²) >= 11 is 11.4. The molecule has 2 aromatic heterocycles. The van der Waals surface area contributed by atoms with Crippen LogP contribution in [0.5, 0.6) is 0 Å². The molecule has 1 N–H and O–H groups in total. The first-order chi connectivity index (χ1) is 11.2. The van der Waals surface area contributed by atoms with Gasteiger partial charge in [-0.05, 0) is 31.4 Å². The van der Waals surface area contributed by atoms with Gasteiger partial charge in [0.2, 0.25) is 0 Å². The molecule has 0 bridgehead atoms. The van der Waals surface area contributed by atoms with Crippen molar-refractivity contribution in [1.29, 1.82) is 0 Å². The Morgan fingerprint density at radius 3 is 2.46 bits per heavy atom. The zero-order chi connectivity index (χ0) is 17.5.